The molecule has 3 aromatic rings. The third-order valence-corrected chi connectivity index (χ3v) is 5.63. The Morgan fingerprint density at radius 2 is 1.56 bits per heavy atom. The van der Waals surface area contributed by atoms with Gasteiger partial charge in [-0.2, -0.15) is 5.26 Å². The third kappa shape index (κ3) is 4.41. The van der Waals surface area contributed by atoms with E-state index < -0.39 is 11.8 Å². The zero-order valence-corrected chi connectivity index (χ0v) is 19.5. The second-order valence-corrected chi connectivity index (χ2v) is 8.47. The molecule has 6 heteroatoms. The molecule has 0 fully saturated rings. The minimum Gasteiger partial charge on any atom is -0.491 e. The summed E-state index contributed by atoms with van der Waals surface area (Å²) in [7, 11) is 0. The van der Waals surface area contributed by atoms with Crippen molar-refractivity contribution < 1.29 is 14.3 Å². The predicted octanol–water partition coefficient (Wildman–Crippen LogP) is 5.36. The van der Waals surface area contributed by atoms with E-state index in [0.717, 1.165) is 21.7 Å². The van der Waals surface area contributed by atoms with Crippen LogP contribution in [0, 0.1) is 25.2 Å². The maximum atomic E-state index is 13.6. The van der Waals surface area contributed by atoms with E-state index >= 15 is 0 Å². The van der Waals surface area contributed by atoms with Crippen molar-refractivity contribution in [2.24, 2.45) is 0 Å². The van der Waals surface area contributed by atoms with E-state index in [-0.39, 0.29) is 17.4 Å². The first-order chi connectivity index (χ1) is 16.3. The van der Waals surface area contributed by atoms with Crippen molar-refractivity contribution in [2.45, 2.75) is 33.8 Å². The molecule has 0 bridgehead atoms. The van der Waals surface area contributed by atoms with Gasteiger partial charge < -0.3 is 10.1 Å². The fraction of sp³-hybridized carbons (Fsp3) is 0.179. The van der Waals surface area contributed by atoms with E-state index in [1.165, 1.54) is 0 Å². The number of carbonyl (C=O) groups is 2. The van der Waals surface area contributed by atoms with Crippen LogP contribution in [0.3, 0.4) is 0 Å². The van der Waals surface area contributed by atoms with Crippen molar-refractivity contribution in [3.63, 3.8) is 0 Å². The molecule has 170 valence electrons. The second-order valence-electron chi connectivity index (χ2n) is 8.47. The van der Waals surface area contributed by atoms with Crippen LogP contribution >= 0.6 is 0 Å². The topological polar surface area (TPSA) is 82.4 Å². The zero-order chi connectivity index (χ0) is 24.4. The smallest absolute Gasteiger partial charge is 0.282 e. The first-order valence-electron chi connectivity index (χ1n) is 11.0. The highest BCUT2D eigenvalue weighted by Gasteiger charge is 2.40. The Hall–Kier alpha value is -4.37. The van der Waals surface area contributed by atoms with E-state index in [1.54, 1.807) is 48.5 Å². The molecular formula is C28H25N3O3. The Kier molecular flexibility index (Phi) is 6.20. The van der Waals surface area contributed by atoms with Crippen LogP contribution < -0.4 is 15.0 Å². The van der Waals surface area contributed by atoms with Gasteiger partial charge in [0.1, 0.15) is 11.4 Å². The highest BCUT2D eigenvalue weighted by atomic mass is 16.5. The lowest BCUT2D eigenvalue weighted by atomic mass is 10.0. The van der Waals surface area contributed by atoms with E-state index in [0.29, 0.717) is 22.6 Å². The van der Waals surface area contributed by atoms with Gasteiger partial charge >= 0.3 is 0 Å². The first kappa shape index (κ1) is 22.8. The zero-order valence-electron chi connectivity index (χ0n) is 19.5. The predicted molar refractivity (Wildman–Crippen MR) is 132 cm³/mol. The Labute approximate surface area is 199 Å². The largest absolute Gasteiger partial charge is 0.491 e. The van der Waals surface area contributed by atoms with Crippen LogP contribution in [0.4, 0.5) is 11.4 Å². The summed E-state index contributed by atoms with van der Waals surface area (Å²) in [6.45, 7) is 7.89. The molecule has 4 rings (SSSR count). The second kappa shape index (κ2) is 9.24. The molecule has 0 saturated heterocycles. The first-order valence-corrected chi connectivity index (χ1v) is 11.0. The Bertz CT molecular complexity index is 1330. The highest BCUT2D eigenvalue weighted by Crippen LogP contribution is 2.34. The van der Waals surface area contributed by atoms with Crippen LogP contribution in [0.2, 0.25) is 0 Å². The van der Waals surface area contributed by atoms with Gasteiger partial charge in [0.15, 0.2) is 0 Å². The monoisotopic (exact) mass is 451 g/mol. The average molecular weight is 452 g/mol. The number of nitrogens with one attached hydrogen (secondary N) is 1. The van der Waals surface area contributed by atoms with Crippen LogP contribution in [0.5, 0.6) is 5.75 Å². The van der Waals surface area contributed by atoms with Gasteiger partial charge in [0.25, 0.3) is 11.8 Å². The van der Waals surface area contributed by atoms with Crippen LogP contribution in [0.15, 0.2) is 72.4 Å². The Morgan fingerprint density at radius 1 is 0.882 bits per heavy atom. The molecule has 3 aromatic carbocycles. The van der Waals surface area contributed by atoms with E-state index in [2.05, 4.69) is 5.32 Å². The van der Waals surface area contributed by atoms with Crippen molar-refractivity contribution in [3.05, 3.63) is 94.7 Å². The lowest BCUT2D eigenvalue weighted by molar-refractivity contribution is -0.120. The molecule has 0 atom stereocenters. The number of nitriles is 1. The minimum absolute atomic E-state index is 0.0219. The molecule has 0 radical (unpaired) electrons. The number of hydrogen-bond donors (Lipinski definition) is 1. The van der Waals surface area contributed by atoms with Gasteiger partial charge in [-0.3, -0.25) is 9.59 Å². The summed E-state index contributed by atoms with van der Waals surface area (Å²) in [5.41, 5.74) is 4.87. The Morgan fingerprint density at radius 3 is 2.15 bits per heavy atom. The molecule has 1 aliphatic rings. The molecule has 1 aliphatic heterocycles. The summed E-state index contributed by atoms with van der Waals surface area (Å²) in [5.74, 6) is -0.201. The van der Waals surface area contributed by atoms with Crippen LogP contribution in [0.25, 0.3) is 5.57 Å². The number of hydrogen-bond acceptors (Lipinski definition) is 5. The highest BCUT2D eigenvalue weighted by molar-refractivity contribution is 6.46. The van der Waals surface area contributed by atoms with Crippen molar-refractivity contribution in [1.29, 1.82) is 5.26 Å². The number of ether oxygens (including phenoxy) is 1. The van der Waals surface area contributed by atoms with Crippen LogP contribution in [-0.4, -0.2) is 17.9 Å². The number of nitrogens with zero attached hydrogens (tertiary/aromatic N) is 2. The van der Waals surface area contributed by atoms with E-state index in [4.69, 9.17) is 10.00 Å². The molecular weight excluding hydrogens is 426 g/mol. The van der Waals surface area contributed by atoms with Gasteiger partial charge in [0.05, 0.1) is 29.0 Å². The number of anilines is 2. The van der Waals surface area contributed by atoms with Gasteiger partial charge in [-0.25, -0.2) is 4.90 Å². The fourth-order valence-electron chi connectivity index (χ4n) is 3.77. The molecule has 0 saturated carbocycles. The minimum atomic E-state index is -0.453. The molecule has 0 aliphatic carbocycles. The standard InChI is InChI=1S/C28H25N3O3/c1-17(2)34-24-13-8-21(9-14-24)25-26(30-22-10-5-18(3)19(4)15-22)28(33)31(27(25)32)23-11-6-20(16-29)7-12-23/h5-15,17,30H,1-4H3. The summed E-state index contributed by atoms with van der Waals surface area (Å²) >= 11 is 0. The van der Waals surface area contributed by atoms with Crippen molar-refractivity contribution in [3.8, 4) is 11.8 Å². The lowest BCUT2D eigenvalue weighted by Crippen LogP contribution is -2.32. The molecule has 34 heavy (non-hydrogen) atoms. The summed E-state index contributed by atoms with van der Waals surface area (Å²) in [5, 5.41) is 12.3. The van der Waals surface area contributed by atoms with Crippen molar-refractivity contribution in [2.75, 3.05) is 10.2 Å². The molecule has 2 amide bonds. The molecule has 0 spiro atoms. The SMILES string of the molecule is Cc1ccc(NC2=C(c3ccc(OC(C)C)cc3)C(=O)N(c3ccc(C#N)cc3)C2=O)cc1C. The summed E-state index contributed by atoms with van der Waals surface area (Å²) < 4.78 is 5.72. The average Bonchev–Trinajstić information content (AvgIpc) is 3.06. The van der Waals surface area contributed by atoms with E-state index in [9.17, 15) is 9.59 Å². The lowest BCUT2D eigenvalue weighted by Gasteiger charge is -2.15. The number of imide groups is 1. The quantitative estimate of drug-likeness (QED) is 0.510. The molecule has 1 heterocycles. The van der Waals surface area contributed by atoms with Crippen LogP contribution in [-0.2, 0) is 9.59 Å². The fourth-order valence-corrected chi connectivity index (χ4v) is 3.77. The number of carbonyl (C=O) groups excluding carboxylic acids is 2. The number of rotatable bonds is 6. The number of aryl methyl sites for hydroxylation is 2. The summed E-state index contributed by atoms with van der Waals surface area (Å²) in [4.78, 5) is 28.2. The Balaban J connectivity index is 1.78. The molecule has 1 N–H and O–H groups in total. The molecule has 0 unspecified atom stereocenters. The van der Waals surface area contributed by atoms with Gasteiger partial charge in [0, 0.05) is 5.69 Å². The summed E-state index contributed by atoms with van der Waals surface area (Å²) in [6, 6.07) is 21.4. The molecule has 0 aromatic heterocycles. The van der Waals surface area contributed by atoms with Crippen molar-refractivity contribution >= 4 is 28.8 Å². The van der Waals surface area contributed by atoms with Gasteiger partial charge in [-0.1, -0.05) is 18.2 Å². The van der Waals surface area contributed by atoms with Gasteiger partial charge in [0.2, 0.25) is 0 Å². The maximum absolute atomic E-state index is 13.6. The normalized spacial score (nSPS) is 13.5. The number of benzene rings is 3. The van der Waals surface area contributed by atoms with Gasteiger partial charge in [-0.05, 0) is 92.9 Å². The maximum Gasteiger partial charge on any atom is 0.282 e. The van der Waals surface area contributed by atoms with Crippen LogP contribution in [0.1, 0.15) is 36.1 Å². The van der Waals surface area contributed by atoms with Gasteiger partial charge in [-0.15, -0.1) is 0 Å². The number of amides is 2. The van der Waals surface area contributed by atoms with Crippen molar-refractivity contribution in [1.82, 2.24) is 0 Å². The summed E-state index contributed by atoms with van der Waals surface area (Å²) in [6.07, 6.45) is 0.0219. The third-order valence-electron chi connectivity index (χ3n) is 5.63. The molecule has 6 nitrogen and oxygen atoms in total. The van der Waals surface area contributed by atoms with E-state index in [1.807, 2.05) is 52.0 Å².